The Kier molecular flexibility index (Phi) is 2.80. The Bertz CT molecular complexity index is 374. The predicted molar refractivity (Wildman–Crippen MR) is 61.8 cm³/mol. The quantitative estimate of drug-likeness (QED) is 0.815. The summed E-state index contributed by atoms with van der Waals surface area (Å²) in [4.78, 5) is 13.0. The third kappa shape index (κ3) is 1.58. The minimum atomic E-state index is -0.609. The molecule has 1 aliphatic carbocycles. The number of carbonyl (C=O) groups is 1. The van der Waals surface area contributed by atoms with E-state index < -0.39 is 5.54 Å². The molecule has 0 radical (unpaired) electrons. The molecular formula is C11H16N2OS. The van der Waals surface area contributed by atoms with Crippen LogP contribution in [0.4, 0.5) is 0 Å². The SMILES string of the molecule is CCNC1(C(N)=O)CCCc2sccc21. The Morgan fingerprint density at radius 2 is 2.53 bits per heavy atom. The topological polar surface area (TPSA) is 55.1 Å². The first-order valence-corrected chi connectivity index (χ1v) is 6.20. The number of aryl methyl sites for hydroxylation is 1. The average Bonchev–Trinajstić information content (AvgIpc) is 2.66. The molecular weight excluding hydrogens is 208 g/mol. The van der Waals surface area contributed by atoms with Crippen molar-refractivity contribution in [2.45, 2.75) is 31.7 Å². The molecule has 3 N–H and O–H groups in total. The molecule has 0 aromatic carbocycles. The summed E-state index contributed by atoms with van der Waals surface area (Å²) in [5.74, 6) is -0.247. The molecule has 82 valence electrons. The van der Waals surface area contributed by atoms with E-state index in [2.05, 4.69) is 5.32 Å². The van der Waals surface area contributed by atoms with Crippen LogP contribution in [0.25, 0.3) is 0 Å². The maximum Gasteiger partial charge on any atom is 0.242 e. The Balaban J connectivity index is 2.47. The summed E-state index contributed by atoms with van der Waals surface area (Å²) < 4.78 is 0. The molecule has 0 bridgehead atoms. The van der Waals surface area contributed by atoms with Crippen molar-refractivity contribution in [1.29, 1.82) is 0 Å². The Morgan fingerprint density at radius 1 is 1.73 bits per heavy atom. The number of likely N-dealkylation sites (N-methyl/N-ethyl adjacent to an activating group) is 1. The first kappa shape index (κ1) is 10.6. The van der Waals surface area contributed by atoms with Crippen molar-refractivity contribution in [1.82, 2.24) is 5.32 Å². The lowest BCUT2D eigenvalue weighted by molar-refractivity contribution is -0.125. The second kappa shape index (κ2) is 3.94. The van der Waals surface area contributed by atoms with Gasteiger partial charge in [0.05, 0.1) is 0 Å². The van der Waals surface area contributed by atoms with Gasteiger partial charge in [0, 0.05) is 4.88 Å². The second-order valence-electron chi connectivity index (χ2n) is 3.91. The monoisotopic (exact) mass is 224 g/mol. The highest BCUT2D eigenvalue weighted by atomic mass is 32.1. The van der Waals surface area contributed by atoms with Crippen molar-refractivity contribution >= 4 is 17.2 Å². The number of hydrogen-bond donors (Lipinski definition) is 2. The molecule has 1 aromatic rings. The van der Waals surface area contributed by atoms with Gasteiger partial charge in [-0.05, 0) is 42.8 Å². The van der Waals surface area contributed by atoms with Crippen LogP contribution >= 0.6 is 11.3 Å². The van der Waals surface area contributed by atoms with E-state index in [0.717, 1.165) is 31.4 Å². The zero-order valence-corrected chi connectivity index (χ0v) is 9.69. The summed E-state index contributed by atoms with van der Waals surface area (Å²) >= 11 is 1.72. The van der Waals surface area contributed by atoms with Crippen LogP contribution in [0.1, 0.15) is 30.2 Å². The number of nitrogens with two attached hydrogens (primary N) is 1. The smallest absolute Gasteiger partial charge is 0.242 e. The lowest BCUT2D eigenvalue weighted by Crippen LogP contribution is -2.54. The highest BCUT2D eigenvalue weighted by Gasteiger charge is 2.41. The molecule has 3 nitrogen and oxygen atoms in total. The van der Waals surface area contributed by atoms with Crippen molar-refractivity contribution < 1.29 is 4.79 Å². The van der Waals surface area contributed by atoms with Gasteiger partial charge >= 0.3 is 0 Å². The summed E-state index contributed by atoms with van der Waals surface area (Å²) in [6.45, 7) is 2.77. The first-order chi connectivity index (χ1) is 7.20. The molecule has 2 rings (SSSR count). The van der Waals surface area contributed by atoms with E-state index in [1.165, 1.54) is 4.88 Å². The first-order valence-electron chi connectivity index (χ1n) is 5.32. The van der Waals surface area contributed by atoms with Crippen molar-refractivity contribution in [3.63, 3.8) is 0 Å². The largest absolute Gasteiger partial charge is 0.368 e. The van der Waals surface area contributed by atoms with E-state index in [9.17, 15) is 4.79 Å². The molecule has 0 saturated carbocycles. The van der Waals surface area contributed by atoms with Gasteiger partial charge in [0.2, 0.25) is 5.91 Å². The molecule has 0 fully saturated rings. The van der Waals surface area contributed by atoms with Gasteiger partial charge < -0.3 is 5.73 Å². The number of carbonyl (C=O) groups excluding carboxylic acids is 1. The zero-order chi connectivity index (χ0) is 10.9. The highest BCUT2D eigenvalue weighted by Crippen LogP contribution is 2.37. The van der Waals surface area contributed by atoms with E-state index >= 15 is 0 Å². The van der Waals surface area contributed by atoms with Gasteiger partial charge in [0.15, 0.2) is 0 Å². The van der Waals surface area contributed by atoms with Crippen LogP contribution in [0, 0.1) is 0 Å². The fraction of sp³-hybridized carbons (Fsp3) is 0.545. The summed E-state index contributed by atoms with van der Waals surface area (Å²) in [6, 6.07) is 2.03. The molecule has 0 aliphatic heterocycles. The van der Waals surface area contributed by atoms with Crippen LogP contribution in [0.3, 0.4) is 0 Å². The molecule has 1 unspecified atom stereocenters. The predicted octanol–water partition coefficient (Wildman–Crippen LogP) is 1.37. The molecule has 0 saturated heterocycles. The van der Waals surface area contributed by atoms with Crippen LogP contribution in [0.15, 0.2) is 11.4 Å². The standard InChI is InChI=1S/C11H16N2OS/c1-2-13-11(10(12)14)6-3-4-9-8(11)5-7-15-9/h5,7,13H,2-4,6H2,1H3,(H2,12,14). The average molecular weight is 224 g/mol. The molecule has 1 aliphatic rings. The maximum absolute atomic E-state index is 11.7. The van der Waals surface area contributed by atoms with E-state index in [4.69, 9.17) is 5.73 Å². The molecule has 1 aromatic heterocycles. The molecule has 4 heteroatoms. The van der Waals surface area contributed by atoms with Crippen LogP contribution in [0.2, 0.25) is 0 Å². The van der Waals surface area contributed by atoms with E-state index in [-0.39, 0.29) is 5.91 Å². The van der Waals surface area contributed by atoms with E-state index in [1.54, 1.807) is 11.3 Å². The van der Waals surface area contributed by atoms with E-state index in [0.29, 0.717) is 0 Å². The summed E-state index contributed by atoms with van der Waals surface area (Å²) in [7, 11) is 0. The minimum Gasteiger partial charge on any atom is -0.368 e. The zero-order valence-electron chi connectivity index (χ0n) is 8.88. The maximum atomic E-state index is 11.7. The van der Waals surface area contributed by atoms with Gasteiger partial charge in [0.25, 0.3) is 0 Å². The lowest BCUT2D eigenvalue weighted by atomic mass is 9.79. The number of amides is 1. The van der Waals surface area contributed by atoms with Crippen molar-refractivity contribution in [3.05, 3.63) is 21.9 Å². The van der Waals surface area contributed by atoms with Crippen molar-refractivity contribution in [2.75, 3.05) is 6.54 Å². The number of hydrogen-bond acceptors (Lipinski definition) is 3. The van der Waals surface area contributed by atoms with Gasteiger partial charge in [-0.1, -0.05) is 6.92 Å². The highest BCUT2D eigenvalue weighted by molar-refractivity contribution is 7.10. The molecule has 1 heterocycles. The summed E-state index contributed by atoms with van der Waals surface area (Å²) in [6.07, 6.45) is 2.93. The fourth-order valence-corrected chi connectivity index (χ4v) is 3.39. The number of rotatable bonds is 3. The molecule has 1 atom stereocenters. The third-order valence-corrected chi connectivity index (χ3v) is 4.04. The summed E-state index contributed by atoms with van der Waals surface area (Å²) in [5, 5.41) is 5.32. The van der Waals surface area contributed by atoms with Crippen LogP contribution in [-0.2, 0) is 16.8 Å². The number of fused-ring (bicyclic) bond motifs is 1. The lowest BCUT2D eigenvalue weighted by Gasteiger charge is -2.35. The molecule has 15 heavy (non-hydrogen) atoms. The normalized spacial score (nSPS) is 24.9. The van der Waals surface area contributed by atoms with Gasteiger partial charge in [-0.15, -0.1) is 11.3 Å². The van der Waals surface area contributed by atoms with Crippen molar-refractivity contribution in [3.8, 4) is 0 Å². The van der Waals surface area contributed by atoms with Crippen molar-refractivity contribution in [2.24, 2.45) is 5.73 Å². The van der Waals surface area contributed by atoms with Gasteiger partial charge in [-0.25, -0.2) is 0 Å². The minimum absolute atomic E-state index is 0.247. The van der Waals surface area contributed by atoms with Crippen LogP contribution < -0.4 is 11.1 Å². The third-order valence-electron chi connectivity index (χ3n) is 3.06. The van der Waals surface area contributed by atoms with Gasteiger partial charge in [-0.2, -0.15) is 0 Å². The Morgan fingerprint density at radius 3 is 3.20 bits per heavy atom. The Labute approximate surface area is 93.7 Å². The van der Waals surface area contributed by atoms with E-state index in [1.807, 2.05) is 18.4 Å². The van der Waals surface area contributed by atoms with Gasteiger partial charge in [0.1, 0.15) is 5.54 Å². The second-order valence-corrected chi connectivity index (χ2v) is 4.91. The summed E-state index contributed by atoms with van der Waals surface area (Å²) in [5.41, 5.74) is 6.06. The number of primary amides is 1. The molecule has 0 spiro atoms. The number of thiophene rings is 1. The Hall–Kier alpha value is -0.870. The van der Waals surface area contributed by atoms with Crippen LogP contribution in [-0.4, -0.2) is 12.5 Å². The van der Waals surface area contributed by atoms with Gasteiger partial charge in [-0.3, -0.25) is 10.1 Å². The number of nitrogens with one attached hydrogen (secondary N) is 1. The fourth-order valence-electron chi connectivity index (χ4n) is 2.39. The molecule has 1 amide bonds. The van der Waals surface area contributed by atoms with Crippen LogP contribution in [0.5, 0.6) is 0 Å².